The van der Waals surface area contributed by atoms with E-state index in [1.54, 1.807) is 18.2 Å². The fraction of sp³-hybridized carbons (Fsp3) is 0.412. The molecule has 1 amide bonds. The fourth-order valence-corrected chi connectivity index (χ4v) is 6.59. The highest BCUT2D eigenvalue weighted by Gasteiger charge is 2.38. The van der Waals surface area contributed by atoms with E-state index < -0.39 is 22.9 Å². The van der Waals surface area contributed by atoms with Crippen molar-refractivity contribution in [3.8, 4) is 16.9 Å². The lowest BCUT2D eigenvalue weighted by Crippen LogP contribution is -2.60. The summed E-state index contributed by atoms with van der Waals surface area (Å²) in [4.78, 5) is 36.0. The molecule has 1 aliphatic carbocycles. The molecule has 0 bridgehead atoms. The van der Waals surface area contributed by atoms with Crippen LogP contribution in [0, 0.1) is 24.5 Å². The SMILES string of the molecule is Cc1ccc(C(=O)NCC2CC2)cc1-c1nc(NC2CC(C)(C)NC(C)(C)C2)nc2c1ccc(=O)n2-c1c(F)cccc1F. The Morgan fingerprint density at radius 1 is 1.00 bits per heavy atom. The number of aryl methyl sites for hydroxylation is 1. The monoisotopic (exact) mass is 600 g/mol. The van der Waals surface area contributed by atoms with E-state index in [9.17, 15) is 9.59 Å². The number of benzene rings is 2. The minimum absolute atomic E-state index is 0.0266. The molecule has 0 unspecified atom stereocenters. The van der Waals surface area contributed by atoms with Gasteiger partial charge in [-0.2, -0.15) is 4.98 Å². The average Bonchev–Trinajstić information content (AvgIpc) is 3.75. The summed E-state index contributed by atoms with van der Waals surface area (Å²) in [5, 5.41) is 10.6. The third-order valence-electron chi connectivity index (χ3n) is 8.44. The van der Waals surface area contributed by atoms with E-state index >= 15 is 8.78 Å². The minimum Gasteiger partial charge on any atom is -0.352 e. The molecule has 2 fully saturated rings. The number of piperidine rings is 1. The first-order valence-corrected chi connectivity index (χ1v) is 15.1. The number of nitrogens with zero attached hydrogens (tertiary/aromatic N) is 3. The number of nitrogens with one attached hydrogen (secondary N) is 3. The summed E-state index contributed by atoms with van der Waals surface area (Å²) < 4.78 is 31.2. The Morgan fingerprint density at radius 2 is 1.68 bits per heavy atom. The highest BCUT2D eigenvalue weighted by atomic mass is 19.1. The number of para-hydroxylation sites is 1. The van der Waals surface area contributed by atoms with Crippen molar-refractivity contribution in [3.63, 3.8) is 0 Å². The second-order valence-electron chi connectivity index (χ2n) is 13.5. The predicted molar refractivity (Wildman–Crippen MR) is 168 cm³/mol. The smallest absolute Gasteiger partial charge is 0.256 e. The lowest BCUT2D eigenvalue weighted by atomic mass is 9.80. The van der Waals surface area contributed by atoms with Crippen LogP contribution < -0.4 is 21.5 Å². The number of carbonyl (C=O) groups excluding carboxylic acids is 1. The van der Waals surface area contributed by atoms with Gasteiger partial charge in [0.15, 0.2) is 5.65 Å². The number of hydrogen-bond acceptors (Lipinski definition) is 6. The van der Waals surface area contributed by atoms with Gasteiger partial charge in [-0.15, -0.1) is 0 Å². The molecule has 2 aromatic carbocycles. The minimum atomic E-state index is -0.887. The van der Waals surface area contributed by atoms with Crippen LogP contribution in [0.4, 0.5) is 14.7 Å². The normalized spacial score (nSPS) is 17.9. The highest BCUT2D eigenvalue weighted by Crippen LogP contribution is 2.34. The third-order valence-corrected chi connectivity index (χ3v) is 8.44. The van der Waals surface area contributed by atoms with Crippen LogP contribution in [0.5, 0.6) is 0 Å². The lowest BCUT2D eigenvalue weighted by molar-refractivity contribution is 0.0951. The molecule has 1 saturated heterocycles. The summed E-state index contributed by atoms with van der Waals surface area (Å²) in [5.41, 5.74) is 1.00. The molecule has 230 valence electrons. The Labute approximate surface area is 255 Å². The molecule has 0 radical (unpaired) electrons. The molecule has 4 aromatic rings. The largest absolute Gasteiger partial charge is 0.352 e. The van der Waals surface area contributed by atoms with Crippen LogP contribution in [-0.4, -0.2) is 44.1 Å². The van der Waals surface area contributed by atoms with Crippen molar-refractivity contribution in [1.82, 2.24) is 25.2 Å². The van der Waals surface area contributed by atoms with Gasteiger partial charge in [0, 0.05) is 46.2 Å². The Morgan fingerprint density at radius 3 is 2.34 bits per heavy atom. The van der Waals surface area contributed by atoms with Crippen molar-refractivity contribution >= 4 is 22.9 Å². The summed E-state index contributed by atoms with van der Waals surface area (Å²) in [5.74, 6) is -1.20. The van der Waals surface area contributed by atoms with Crippen molar-refractivity contribution in [2.75, 3.05) is 11.9 Å². The number of fused-ring (bicyclic) bond motifs is 1. The number of halogens is 2. The zero-order chi connectivity index (χ0) is 31.4. The van der Waals surface area contributed by atoms with Gasteiger partial charge >= 0.3 is 0 Å². The lowest BCUT2D eigenvalue weighted by Gasteiger charge is -2.46. The summed E-state index contributed by atoms with van der Waals surface area (Å²) in [6, 6.07) is 11.7. The van der Waals surface area contributed by atoms with Gasteiger partial charge in [0.05, 0.1) is 5.69 Å². The van der Waals surface area contributed by atoms with E-state index in [0.717, 1.165) is 47.9 Å². The summed E-state index contributed by atoms with van der Waals surface area (Å²) >= 11 is 0. The first-order chi connectivity index (χ1) is 20.8. The van der Waals surface area contributed by atoms with E-state index in [-0.39, 0.29) is 34.6 Å². The maximum Gasteiger partial charge on any atom is 0.256 e. The molecule has 0 atom stereocenters. The Balaban J connectivity index is 1.54. The number of hydrogen-bond donors (Lipinski definition) is 3. The van der Waals surface area contributed by atoms with Crippen LogP contribution in [0.2, 0.25) is 0 Å². The summed E-state index contributed by atoms with van der Waals surface area (Å²) in [6.45, 7) is 11.1. The number of rotatable bonds is 7. The predicted octanol–water partition coefficient (Wildman–Crippen LogP) is 5.90. The molecule has 2 aromatic heterocycles. The van der Waals surface area contributed by atoms with E-state index in [4.69, 9.17) is 9.97 Å². The Kier molecular flexibility index (Phi) is 7.52. The maximum absolute atomic E-state index is 15.1. The summed E-state index contributed by atoms with van der Waals surface area (Å²) in [6.07, 6.45) is 3.79. The van der Waals surface area contributed by atoms with Crippen LogP contribution in [0.1, 0.15) is 69.3 Å². The molecule has 1 saturated carbocycles. The molecule has 3 N–H and O–H groups in total. The zero-order valence-electron chi connectivity index (χ0n) is 25.7. The molecule has 1 aliphatic heterocycles. The van der Waals surface area contributed by atoms with Gasteiger partial charge in [-0.25, -0.2) is 13.8 Å². The molecule has 10 heteroatoms. The topological polar surface area (TPSA) is 101 Å². The van der Waals surface area contributed by atoms with Crippen LogP contribution in [0.15, 0.2) is 53.3 Å². The van der Waals surface area contributed by atoms with Gasteiger partial charge in [-0.05, 0) is 102 Å². The van der Waals surface area contributed by atoms with Crippen LogP contribution >= 0.6 is 0 Å². The van der Waals surface area contributed by atoms with Crippen molar-refractivity contribution in [2.45, 2.75) is 77.4 Å². The van der Waals surface area contributed by atoms with E-state index in [2.05, 4.69) is 43.6 Å². The quantitative estimate of drug-likeness (QED) is 0.244. The van der Waals surface area contributed by atoms with Crippen molar-refractivity contribution in [1.29, 1.82) is 0 Å². The molecular formula is C34H38F2N6O2. The van der Waals surface area contributed by atoms with Gasteiger partial charge in [0.1, 0.15) is 17.3 Å². The van der Waals surface area contributed by atoms with Gasteiger partial charge in [0.2, 0.25) is 5.95 Å². The fourth-order valence-electron chi connectivity index (χ4n) is 6.59. The highest BCUT2D eigenvalue weighted by molar-refractivity contribution is 5.98. The first-order valence-electron chi connectivity index (χ1n) is 15.1. The Bertz CT molecular complexity index is 1790. The standard InChI is InChI=1S/C34H38F2N6O2/c1-19-9-12-21(31(44)37-18-20-10-11-20)15-24(19)28-23-13-14-27(43)42(29-25(35)7-6-8-26(29)36)30(23)40-32(39-28)38-22-16-33(2,3)41-34(4,5)17-22/h6-9,12-15,20,22,41H,10-11,16-18H2,1-5H3,(H,37,44)(H,38,39,40). The van der Waals surface area contributed by atoms with Gasteiger partial charge in [-0.3, -0.25) is 14.2 Å². The van der Waals surface area contributed by atoms with E-state index in [1.807, 2.05) is 13.0 Å². The zero-order valence-corrected chi connectivity index (χ0v) is 25.7. The molecule has 8 nitrogen and oxygen atoms in total. The number of aromatic nitrogens is 3. The maximum atomic E-state index is 15.1. The third kappa shape index (κ3) is 6.08. The number of amides is 1. The van der Waals surface area contributed by atoms with E-state index in [0.29, 0.717) is 34.7 Å². The van der Waals surface area contributed by atoms with Crippen LogP contribution in [0.3, 0.4) is 0 Å². The van der Waals surface area contributed by atoms with Gasteiger partial charge < -0.3 is 16.0 Å². The number of carbonyl (C=O) groups is 1. The van der Waals surface area contributed by atoms with Crippen LogP contribution in [0.25, 0.3) is 28.0 Å². The second kappa shape index (κ2) is 11.1. The first kappa shape index (κ1) is 29.9. The number of anilines is 1. The molecule has 0 spiro atoms. The average molecular weight is 601 g/mol. The van der Waals surface area contributed by atoms with Gasteiger partial charge in [-0.1, -0.05) is 12.1 Å². The van der Waals surface area contributed by atoms with Crippen molar-refractivity contribution in [3.05, 3.63) is 81.6 Å². The molecule has 44 heavy (non-hydrogen) atoms. The summed E-state index contributed by atoms with van der Waals surface area (Å²) in [7, 11) is 0. The molecular weight excluding hydrogens is 562 g/mol. The van der Waals surface area contributed by atoms with Gasteiger partial charge in [0.25, 0.3) is 11.5 Å². The van der Waals surface area contributed by atoms with Crippen molar-refractivity contribution < 1.29 is 13.6 Å². The van der Waals surface area contributed by atoms with Crippen LogP contribution in [-0.2, 0) is 0 Å². The van der Waals surface area contributed by atoms with Crippen molar-refractivity contribution in [2.24, 2.45) is 5.92 Å². The Hall–Kier alpha value is -4.18. The second-order valence-corrected chi connectivity index (χ2v) is 13.5. The van der Waals surface area contributed by atoms with E-state index in [1.165, 1.54) is 12.1 Å². The molecule has 3 heterocycles. The molecule has 2 aliphatic rings. The number of pyridine rings is 1. The molecule has 6 rings (SSSR count).